The number of aromatic amines is 1. The van der Waals surface area contributed by atoms with Gasteiger partial charge in [-0.3, -0.25) is 10.1 Å². The third-order valence-corrected chi connectivity index (χ3v) is 7.99. The second-order valence-corrected chi connectivity index (χ2v) is 11.2. The fourth-order valence-electron chi connectivity index (χ4n) is 4.11. The molecule has 38 heavy (non-hydrogen) atoms. The van der Waals surface area contributed by atoms with Crippen LogP contribution in [-0.2, 0) is 10.0 Å². The SMILES string of the molecule is CN(C)CCCN(C)S(=O)(=O)c1ccc(N=C(c2ccccc2)c2c(O)[nH]c3ccc([N+](=O)[O-])cc23)cc1. The maximum Gasteiger partial charge on any atom is 0.270 e. The first-order chi connectivity index (χ1) is 18.1. The predicted octanol–water partition coefficient (Wildman–Crippen LogP) is 4.52. The van der Waals surface area contributed by atoms with Crippen molar-refractivity contribution in [3.05, 3.63) is 94.0 Å². The lowest BCUT2D eigenvalue weighted by atomic mass is 10.0. The minimum atomic E-state index is -3.67. The predicted molar refractivity (Wildman–Crippen MR) is 148 cm³/mol. The Morgan fingerprint density at radius 2 is 1.68 bits per heavy atom. The summed E-state index contributed by atoms with van der Waals surface area (Å²) >= 11 is 0. The van der Waals surface area contributed by atoms with Gasteiger partial charge in [0.1, 0.15) is 0 Å². The van der Waals surface area contributed by atoms with Crippen LogP contribution in [0.2, 0.25) is 0 Å². The Bertz CT molecular complexity index is 1580. The number of rotatable bonds is 10. The highest BCUT2D eigenvalue weighted by Gasteiger charge is 2.22. The first kappa shape index (κ1) is 27.0. The molecule has 0 aliphatic heterocycles. The van der Waals surface area contributed by atoms with Gasteiger partial charge in [-0.15, -0.1) is 0 Å². The first-order valence-corrected chi connectivity index (χ1v) is 13.4. The average molecular weight is 536 g/mol. The Balaban J connectivity index is 1.75. The van der Waals surface area contributed by atoms with Crippen molar-refractivity contribution in [3.63, 3.8) is 0 Å². The molecule has 0 saturated carbocycles. The zero-order chi connectivity index (χ0) is 27.4. The molecule has 0 bridgehead atoms. The molecule has 3 aromatic carbocycles. The standard InChI is InChI=1S/C27H29N5O5S/c1-30(2)16-7-17-31(3)38(36,37)22-13-10-20(11-14-22)28-26(19-8-5-4-6-9-19)25-23-18-21(32(34)35)12-15-24(23)29-27(25)33/h4-6,8-15,18,29,33H,7,16-17H2,1-3H3. The minimum Gasteiger partial charge on any atom is -0.494 e. The van der Waals surface area contributed by atoms with E-state index >= 15 is 0 Å². The van der Waals surface area contributed by atoms with E-state index in [-0.39, 0.29) is 16.5 Å². The molecule has 198 valence electrons. The monoisotopic (exact) mass is 535 g/mol. The molecule has 0 atom stereocenters. The highest BCUT2D eigenvalue weighted by atomic mass is 32.2. The van der Waals surface area contributed by atoms with Gasteiger partial charge in [0.25, 0.3) is 5.69 Å². The molecule has 1 aromatic heterocycles. The Morgan fingerprint density at radius 1 is 1.00 bits per heavy atom. The number of aliphatic imine (C=N–C) groups is 1. The van der Waals surface area contributed by atoms with Gasteiger partial charge in [-0.25, -0.2) is 17.7 Å². The van der Waals surface area contributed by atoms with Crippen molar-refractivity contribution in [3.8, 4) is 5.88 Å². The number of hydrogen-bond acceptors (Lipinski definition) is 7. The van der Waals surface area contributed by atoms with Crippen LogP contribution in [0, 0.1) is 10.1 Å². The molecule has 10 nitrogen and oxygen atoms in total. The Kier molecular flexibility index (Phi) is 7.91. The van der Waals surface area contributed by atoms with Crippen molar-refractivity contribution < 1.29 is 18.4 Å². The lowest BCUT2D eigenvalue weighted by molar-refractivity contribution is -0.384. The molecule has 11 heteroatoms. The molecule has 0 amide bonds. The number of benzene rings is 3. The van der Waals surface area contributed by atoms with E-state index in [2.05, 4.69) is 4.98 Å². The van der Waals surface area contributed by atoms with E-state index in [4.69, 9.17) is 4.99 Å². The van der Waals surface area contributed by atoms with Gasteiger partial charge < -0.3 is 15.0 Å². The molecule has 0 fully saturated rings. The fourth-order valence-corrected chi connectivity index (χ4v) is 5.32. The minimum absolute atomic E-state index is 0.116. The molecule has 4 aromatic rings. The normalized spacial score (nSPS) is 12.5. The van der Waals surface area contributed by atoms with Gasteiger partial charge in [0.15, 0.2) is 5.88 Å². The van der Waals surface area contributed by atoms with Gasteiger partial charge in [0, 0.05) is 42.2 Å². The zero-order valence-electron chi connectivity index (χ0n) is 21.3. The van der Waals surface area contributed by atoms with Crippen molar-refractivity contribution in [2.75, 3.05) is 34.2 Å². The number of non-ortho nitro benzene ring substituents is 1. The van der Waals surface area contributed by atoms with Crippen LogP contribution < -0.4 is 0 Å². The molecule has 2 N–H and O–H groups in total. The Labute approximate surface area is 221 Å². The van der Waals surface area contributed by atoms with Gasteiger partial charge in [0.2, 0.25) is 10.0 Å². The van der Waals surface area contributed by atoms with Crippen LogP contribution in [0.1, 0.15) is 17.5 Å². The third kappa shape index (κ3) is 5.75. The summed E-state index contributed by atoms with van der Waals surface area (Å²) in [7, 11) is 1.77. The lowest BCUT2D eigenvalue weighted by Crippen LogP contribution is -2.29. The van der Waals surface area contributed by atoms with Crippen molar-refractivity contribution >= 4 is 38.0 Å². The highest BCUT2D eigenvalue weighted by Crippen LogP contribution is 2.33. The summed E-state index contributed by atoms with van der Waals surface area (Å²) in [4.78, 5) is 20.6. The van der Waals surface area contributed by atoms with Gasteiger partial charge in [0.05, 0.1) is 26.8 Å². The maximum absolute atomic E-state index is 13.0. The number of nitro benzene ring substituents is 1. The summed E-state index contributed by atoms with van der Waals surface area (Å²) in [6.07, 6.45) is 0.706. The molecule has 0 unspecified atom stereocenters. The van der Waals surface area contributed by atoms with Crippen LogP contribution in [0.25, 0.3) is 10.9 Å². The number of fused-ring (bicyclic) bond motifs is 1. The summed E-state index contributed by atoms with van der Waals surface area (Å²) in [6.45, 7) is 1.17. The third-order valence-electron chi connectivity index (χ3n) is 6.12. The largest absolute Gasteiger partial charge is 0.494 e. The molecule has 1 heterocycles. The second-order valence-electron chi connectivity index (χ2n) is 9.14. The number of H-pyrrole nitrogens is 1. The number of nitro groups is 1. The summed E-state index contributed by atoms with van der Waals surface area (Å²) in [6, 6.07) is 19.6. The van der Waals surface area contributed by atoms with Crippen LogP contribution in [0.15, 0.2) is 82.7 Å². The van der Waals surface area contributed by atoms with E-state index in [0.29, 0.717) is 46.4 Å². The lowest BCUT2D eigenvalue weighted by Gasteiger charge is -2.18. The number of aromatic hydroxyl groups is 1. The zero-order valence-corrected chi connectivity index (χ0v) is 22.1. The van der Waals surface area contributed by atoms with E-state index in [0.717, 1.165) is 6.54 Å². The smallest absolute Gasteiger partial charge is 0.270 e. The number of hydrogen-bond donors (Lipinski definition) is 2. The van der Waals surface area contributed by atoms with E-state index in [1.807, 2.05) is 49.3 Å². The summed E-state index contributed by atoms with van der Waals surface area (Å²) in [5, 5.41) is 22.6. The average Bonchev–Trinajstić information content (AvgIpc) is 3.22. The first-order valence-electron chi connectivity index (χ1n) is 11.9. The van der Waals surface area contributed by atoms with Crippen LogP contribution in [0.3, 0.4) is 0 Å². The van der Waals surface area contributed by atoms with Crippen molar-refractivity contribution in [2.45, 2.75) is 11.3 Å². The van der Waals surface area contributed by atoms with Crippen LogP contribution in [0.5, 0.6) is 5.88 Å². The van der Waals surface area contributed by atoms with Gasteiger partial charge in [-0.1, -0.05) is 30.3 Å². The van der Waals surface area contributed by atoms with Crippen molar-refractivity contribution in [1.29, 1.82) is 0 Å². The fraction of sp³-hybridized carbons (Fsp3) is 0.222. The molecule has 0 aliphatic carbocycles. The topological polar surface area (TPSA) is 132 Å². The van der Waals surface area contributed by atoms with Crippen molar-refractivity contribution in [2.24, 2.45) is 4.99 Å². The number of aromatic nitrogens is 1. The summed E-state index contributed by atoms with van der Waals surface area (Å²) in [5.41, 5.74) is 2.23. The molecule has 0 aliphatic rings. The highest BCUT2D eigenvalue weighted by molar-refractivity contribution is 7.89. The van der Waals surface area contributed by atoms with E-state index in [1.165, 1.54) is 34.6 Å². The Hall–Kier alpha value is -4.06. The van der Waals surface area contributed by atoms with Crippen LogP contribution in [-0.4, -0.2) is 72.6 Å². The summed E-state index contributed by atoms with van der Waals surface area (Å²) in [5.74, 6) is -0.179. The van der Waals surface area contributed by atoms with Crippen LogP contribution >= 0.6 is 0 Å². The molecule has 0 spiro atoms. The van der Waals surface area contributed by atoms with Crippen LogP contribution in [0.4, 0.5) is 11.4 Å². The molecule has 4 rings (SSSR count). The van der Waals surface area contributed by atoms with Gasteiger partial charge >= 0.3 is 0 Å². The number of nitrogens with zero attached hydrogens (tertiary/aromatic N) is 4. The number of sulfonamides is 1. The molecule has 0 radical (unpaired) electrons. The van der Waals surface area contributed by atoms with E-state index in [1.54, 1.807) is 19.2 Å². The Morgan fingerprint density at radius 3 is 2.32 bits per heavy atom. The second kappa shape index (κ2) is 11.1. The molecule has 0 saturated heterocycles. The van der Waals surface area contributed by atoms with E-state index in [9.17, 15) is 23.6 Å². The summed E-state index contributed by atoms with van der Waals surface area (Å²) < 4.78 is 27.4. The maximum atomic E-state index is 13.0. The quantitative estimate of drug-likeness (QED) is 0.174. The van der Waals surface area contributed by atoms with Gasteiger partial charge in [-0.05, 0) is 57.4 Å². The molecular weight excluding hydrogens is 506 g/mol. The van der Waals surface area contributed by atoms with Crippen molar-refractivity contribution in [1.82, 2.24) is 14.2 Å². The van der Waals surface area contributed by atoms with Gasteiger partial charge in [-0.2, -0.15) is 0 Å². The number of nitrogens with one attached hydrogen (secondary N) is 1. The van der Waals surface area contributed by atoms with E-state index < -0.39 is 14.9 Å². The molecular formula is C27H29N5O5S.